The first kappa shape index (κ1) is 10.4. The lowest BCUT2D eigenvalue weighted by atomic mass is 10.1. The Bertz CT molecular complexity index is 359. The van der Waals surface area contributed by atoms with Crippen LogP contribution in [0.2, 0.25) is 0 Å². The van der Waals surface area contributed by atoms with Crippen LogP contribution in [0.25, 0.3) is 0 Å². The van der Waals surface area contributed by atoms with Gasteiger partial charge in [-0.25, -0.2) is 4.39 Å². The topological polar surface area (TPSA) is 27.7 Å². The van der Waals surface area contributed by atoms with Crippen molar-refractivity contribution in [3.8, 4) is 5.75 Å². The van der Waals surface area contributed by atoms with E-state index in [4.69, 9.17) is 14.2 Å². The summed E-state index contributed by atoms with van der Waals surface area (Å²) in [5, 5.41) is 0. The molecular formula is C11H13FO3. The second-order valence-electron chi connectivity index (χ2n) is 3.49. The fourth-order valence-corrected chi connectivity index (χ4v) is 1.71. The molecule has 1 aliphatic rings. The van der Waals surface area contributed by atoms with E-state index >= 15 is 0 Å². The highest BCUT2D eigenvalue weighted by atomic mass is 19.1. The molecule has 82 valence electrons. The van der Waals surface area contributed by atoms with Crippen LogP contribution >= 0.6 is 0 Å². The molecule has 15 heavy (non-hydrogen) atoms. The van der Waals surface area contributed by atoms with Gasteiger partial charge in [0.2, 0.25) is 0 Å². The molecule has 1 saturated heterocycles. The van der Waals surface area contributed by atoms with Gasteiger partial charge in [0.1, 0.15) is 11.6 Å². The summed E-state index contributed by atoms with van der Waals surface area (Å²) in [7, 11) is 1.54. The Balaban J connectivity index is 2.44. The van der Waals surface area contributed by atoms with Gasteiger partial charge in [0.25, 0.3) is 0 Å². The third kappa shape index (κ3) is 1.82. The Kier molecular flexibility index (Phi) is 2.63. The highest BCUT2D eigenvalue weighted by Crippen LogP contribution is 2.36. The van der Waals surface area contributed by atoms with E-state index in [2.05, 4.69) is 0 Å². The zero-order valence-electron chi connectivity index (χ0n) is 8.75. The van der Waals surface area contributed by atoms with E-state index in [9.17, 15) is 4.39 Å². The first-order chi connectivity index (χ1) is 7.15. The first-order valence-corrected chi connectivity index (χ1v) is 4.77. The number of ether oxygens (including phenoxy) is 3. The summed E-state index contributed by atoms with van der Waals surface area (Å²) < 4.78 is 29.2. The van der Waals surface area contributed by atoms with Crippen molar-refractivity contribution in [1.82, 2.24) is 0 Å². The van der Waals surface area contributed by atoms with E-state index in [1.54, 1.807) is 13.0 Å². The van der Waals surface area contributed by atoms with Crippen molar-refractivity contribution in [2.45, 2.75) is 12.7 Å². The maximum absolute atomic E-state index is 13.1. The Hall–Kier alpha value is -1.13. The molecule has 1 aromatic carbocycles. The molecule has 1 aliphatic heterocycles. The molecule has 0 atom stereocenters. The van der Waals surface area contributed by atoms with Crippen LogP contribution in [0.3, 0.4) is 0 Å². The van der Waals surface area contributed by atoms with Gasteiger partial charge in [0.15, 0.2) is 5.79 Å². The monoisotopic (exact) mass is 212 g/mol. The van der Waals surface area contributed by atoms with Gasteiger partial charge in [-0.2, -0.15) is 0 Å². The lowest BCUT2D eigenvalue weighted by Crippen LogP contribution is -2.23. The van der Waals surface area contributed by atoms with Gasteiger partial charge in [-0.05, 0) is 25.1 Å². The molecule has 0 unspecified atom stereocenters. The quantitative estimate of drug-likeness (QED) is 0.751. The summed E-state index contributed by atoms with van der Waals surface area (Å²) in [6, 6.07) is 4.30. The molecular weight excluding hydrogens is 199 g/mol. The van der Waals surface area contributed by atoms with Crippen molar-refractivity contribution in [3.63, 3.8) is 0 Å². The van der Waals surface area contributed by atoms with Gasteiger partial charge in [-0.15, -0.1) is 0 Å². The first-order valence-electron chi connectivity index (χ1n) is 4.77. The number of methoxy groups -OCH3 is 1. The Morgan fingerprint density at radius 2 is 2.00 bits per heavy atom. The highest BCUT2D eigenvalue weighted by Gasteiger charge is 2.36. The molecule has 3 nitrogen and oxygen atoms in total. The van der Waals surface area contributed by atoms with Crippen molar-refractivity contribution in [2.75, 3.05) is 20.3 Å². The average Bonchev–Trinajstić information content (AvgIpc) is 2.66. The van der Waals surface area contributed by atoms with E-state index in [0.29, 0.717) is 24.5 Å². The maximum Gasteiger partial charge on any atom is 0.195 e. The summed E-state index contributed by atoms with van der Waals surface area (Å²) in [4.78, 5) is 0. The molecule has 0 spiro atoms. The Labute approximate surface area is 87.8 Å². The Morgan fingerprint density at radius 1 is 1.33 bits per heavy atom. The summed E-state index contributed by atoms with van der Waals surface area (Å²) >= 11 is 0. The van der Waals surface area contributed by atoms with Crippen LogP contribution < -0.4 is 4.74 Å². The summed E-state index contributed by atoms with van der Waals surface area (Å²) in [5.74, 6) is -0.653. The van der Waals surface area contributed by atoms with E-state index in [0.717, 1.165) is 0 Å². The second-order valence-corrected chi connectivity index (χ2v) is 3.49. The molecule has 2 rings (SSSR count). The van der Waals surface area contributed by atoms with E-state index in [1.165, 1.54) is 19.2 Å². The van der Waals surface area contributed by atoms with Crippen LogP contribution in [0.4, 0.5) is 4.39 Å². The molecule has 0 bridgehead atoms. The molecule has 0 aromatic heterocycles. The van der Waals surface area contributed by atoms with Gasteiger partial charge in [0, 0.05) is 0 Å². The number of hydrogen-bond acceptors (Lipinski definition) is 3. The molecule has 0 radical (unpaired) electrons. The number of halogens is 1. The van der Waals surface area contributed by atoms with Gasteiger partial charge >= 0.3 is 0 Å². The molecule has 0 amide bonds. The normalized spacial score (nSPS) is 19.1. The predicted molar refractivity (Wildman–Crippen MR) is 52.2 cm³/mol. The molecule has 0 aliphatic carbocycles. The largest absolute Gasteiger partial charge is 0.496 e. The van der Waals surface area contributed by atoms with Crippen LogP contribution in [0.15, 0.2) is 18.2 Å². The minimum Gasteiger partial charge on any atom is -0.496 e. The van der Waals surface area contributed by atoms with Crippen LogP contribution in [0.5, 0.6) is 5.75 Å². The van der Waals surface area contributed by atoms with Crippen LogP contribution in [0, 0.1) is 5.82 Å². The fourth-order valence-electron chi connectivity index (χ4n) is 1.71. The zero-order chi connectivity index (χ0) is 10.9. The maximum atomic E-state index is 13.1. The van der Waals surface area contributed by atoms with Gasteiger partial charge in [-0.1, -0.05) is 0 Å². The van der Waals surface area contributed by atoms with Crippen molar-refractivity contribution >= 4 is 0 Å². The number of rotatable bonds is 2. The zero-order valence-corrected chi connectivity index (χ0v) is 8.75. The van der Waals surface area contributed by atoms with Gasteiger partial charge in [-0.3, -0.25) is 0 Å². The molecule has 0 saturated carbocycles. The lowest BCUT2D eigenvalue weighted by Gasteiger charge is -2.24. The third-order valence-corrected chi connectivity index (χ3v) is 2.49. The molecule has 0 N–H and O–H groups in total. The molecule has 1 aromatic rings. The summed E-state index contributed by atoms with van der Waals surface area (Å²) in [6.45, 7) is 2.78. The predicted octanol–water partition coefficient (Wildman–Crippen LogP) is 2.05. The smallest absolute Gasteiger partial charge is 0.195 e. The molecule has 4 heteroatoms. The van der Waals surface area contributed by atoms with Gasteiger partial charge < -0.3 is 14.2 Å². The lowest BCUT2D eigenvalue weighted by molar-refractivity contribution is -0.150. The average molecular weight is 212 g/mol. The van der Waals surface area contributed by atoms with Crippen molar-refractivity contribution in [3.05, 3.63) is 29.6 Å². The van der Waals surface area contributed by atoms with Crippen LogP contribution in [0.1, 0.15) is 12.5 Å². The van der Waals surface area contributed by atoms with Gasteiger partial charge in [0.05, 0.1) is 25.9 Å². The van der Waals surface area contributed by atoms with Crippen molar-refractivity contribution < 1.29 is 18.6 Å². The standard InChI is InChI=1S/C11H13FO3/c1-11(14-5-6-15-11)9-7-8(12)3-4-10(9)13-2/h3-4,7H,5-6H2,1-2H3. The van der Waals surface area contributed by atoms with Crippen LogP contribution in [-0.2, 0) is 15.3 Å². The van der Waals surface area contributed by atoms with E-state index < -0.39 is 5.79 Å². The summed E-state index contributed by atoms with van der Waals surface area (Å²) in [6.07, 6.45) is 0. The highest BCUT2D eigenvalue weighted by molar-refractivity contribution is 5.37. The number of benzene rings is 1. The number of hydrogen-bond donors (Lipinski definition) is 0. The fraction of sp³-hybridized carbons (Fsp3) is 0.455. The third-order valence-electron chi connectivity index (χ3n) is 2.49. The second kappa shape index (κ2) is 3.79. The SMILES string of the molecule is COc1ccc(F)cc1C1(C)OCCO1. The Morgan fingerprint density at radius 3 is 2.60 bits per heavy atom. The van der Waals surface area contributed by atoms with Crippen molar-refractivity contribution in [2.24, 2.45) is 0 Å². The molecule has 1 fully saturated rings. The van der Waals surface area contributed by atoms with E-state index in [-0.39, 0.29) is 5.82 Å². The molecule has 1 heterocycles. The van der Waals surface area contributed by atoms with Crippen LogP contribution in [-0.4, -0.2) is 20.3 Å². The van der Waals surface area contributed by atoms with E-state index in [1.807, 2.05) is 0 Å². The minimum absolute atomic E-state index is 0.328. The minimum atomic E-state index is -0.895. The van der Waals surface area contributed by atoms with Crippen molar-refractivity contribution in [1.29, 1.82) is 0 Å². The summed E-state index contributed by atoms with van der Waals surface area (Å²) in [5.41, 5.74) is 0.586.